The number of phenols is 1. The van der Waals surface area contributed by atoms with E-state index in [0.29, 0.717) is 12.1 Å². The standard InChI is InChI=1S/C18H23NO3/c1-13(11-14-7-3-6-10-18(14)22-2)19-12-17(21)15-8-4-5-9-16(15)20/h3-10,13,17,19-21H,11-12H2,1-2H3/t13?,17-/m0/s1. The van der Waals surface area contributed by atoms with Gasteiger partial charge in [-0.05, 0) is 31.0 Å². The minimum absolute atomic E-state index is 0.120. The van der Waals surface area contributed by atoms with Crippen molar-refractivity contribution in [2.24, 2.45) is 0 Å². The molecule has 2 aromatic rings. The van der Waals surface area contributed by atoms with E-state index >= 15 is 0 Å². The minimum atomic E-state index is -0.735. The molecule has 4 nitrogen and oxygen atoms in total. The fraction of sp³-hybridized carbons (Fsp3) is 0.333. The Labute approximate surface area is 131 Å². The third kappa shape index (κ3) is 4.23. The molecule has 0 radical (unpaired) electrons. The van der Waals surface area contributed by atoms with E-state index in [1.807, 2.05) is 24.3 Å². The molecule has 4 heteroatoms. The molecule has 2 atom stereocenters. The Morgan fingerprint density at radius 2 is 1.77 bits per heavy atom. The number of aromatic hydroxyl groups is 1. The number of aliphatic hydroxyl groups excluding tert-OH is 1. The fourth-order valence-electron chi connectivity index (χ4n) is 2.47. The van der Waals surface area contributed by atoms with E-state index in [0.717, 1.165) is 17.7 Å². The van der Waals surface area contributed by atoms with Crippen molar-refractivity contribution in [3.05, 3.63) is 59.7 Å². The van der Waals surface area contributed by atoms with Crippen molar-refractivity contribution in [2.75, 3.05) is 13.7 Å². The Kier molecular flexibility index (Phi) is 5.81. The van der Waals surface area contributed by atoms with E-state index in [9.17, 15) is 10.2 Å². The van der Waals surface area contributed by atoms with Gasteiger partial charge in [-0.15, -0.1) is 0 Å². The molecule has 0 aliphatic rings. The van der Waals surface area contributed by atoms with Gasteiger partial charge in [0, 0.05) is 18.2 Å². The van der Waals surface area contributed by atoms with Gasteiger partial charge in [-0.3, -0.25) is 0 Å². The number of ether oxygens (including phenoxy) is 1. The fourth-order valence-corrected chi connectivity index (χ4v) is 2.47. The number of rotatable bonds is 7. The summed E-state index contributed by atoms with van der Waals surface area (Å²) in [4.78, 5) is 0. The van der Waals surface area contributed by atoms with E-state index in [1.54, 1.807) is 31.4 Å². The number of methoxy groups -OCH3 is 1. The molecular formula is C18H23NO3. The number of hydrogen-bond donors (Lipinski definition) is 3. The molecule has 0 heterocycles. The lowest BCUT2D eigenvalue weighted by Crippen LogP contribution is -2.32. The van der Waals surface area contributed by atoms with Crippen molar-refractivity contribution in [1.82, 2.24) is 5.32 Å². The second kappa shape index (κ2) is 7.82. The van der Waals surface area contributed by atoms with Crippen molar-refractivity contribution in [3.63, 3.8) is 0 Å². The summed E-state index contributed by atoms with van der Waals surface area (Å²) in [5.41, 5.74) is 1.67. The third-order valence-corrected chi connectivity index (χ3v) is 3.67. The van der Waals surface area contributed by atoms with E-state index < -0.39 is 6.10 Å². The third-order valence-electron chi connectivity index (χ3n) is 3.67. The molecule has 0 fully saturated rings. The van der Waals surface area contributed by atoms with Crippen molar-refractivity contribution >= 4 is 0 Å². The second-order valence-electron chi connectivity index (χ2n) is 5.40. The van der Waals surface area contributed by atoms with Crippen molar-refractivity contribution in [1.29, 1.82) is 0 Å². The van der Waals surface area contributed by atoms with Gasteiger partial charge in [-0.1, -0.05) is 36.4 Å². The van der Waals surface area contributed by atoms with Crippen LogP contribution in [-0.2, 0) is 6.42 Å². The van der Waals surface area contributed by atoms with Crippen LogP contribution in [0.25, 0.3) is 0 Å². The molecule has 0 bridgehead atoms. The summed E-state index contributed by atoms with van der Waals surface area (Å²) >= 11 is 0. The van der Waals surface area contributed by atoms with E-state index in [2.05, 4.69) is 12.2 Å². The van der Waals surface area contributed by atoms with Gasteiger partial charge in [0.25, 0.3) is 0 Å². The van der Waals surface area contributed by atoms with Gasteiger partial charge in [-0.25, -0.2) is 0 Å². The Bertz CT molecular complexity index is 600. The van der Waals surface area contributed by atoms with Crippen LogP contribution in [0.2, 0.25) is 0 Å². The highest BCUT2D eigenvalue weighted by atomic mass is 16.5. The minimum Gasteiger partial charge on any atom is -0.508 e. The summed E-state index contributed by atoms with van der Waals surface area (Å²) in [5.74, 6) is 0.992. The number of phenolic OH excluding ortho intramolecular Hbond substituents is 1. The first kappa shape index (κ1) is 16.3. The summed E-state index contributed by atoms with van der Waals surface area (Å²) in [7, 11) is 1.67. The van der Waals surface area contributed by atoms with Crippen LogP contribution in [0.1, 0.15) is 24.2 Å². The zero-order valence-corrected chi connectivity index (χ0v) is 13.0. The van der Waals surface area contributed by atoms with Gasteiger partial charge in [0.2, 0.25) is 0 Å². The first-order chi connectivity index (χ1) is 10.6. The normalized spacial score (nSPS) is 13.6. The summed E-state index contributed by atoms with van der Waals surface area (Å²) in [6, 6.07) is 14.9. The molecule has 22 heavy (non-hydrogen) atoms. The molecule has 0 aromatic heterocycles. The largest absolute Gasteiger partial charge is 0.508 e. The number of para-hydroxylation sites is 2. The molecule has 0 aliphatic carbocycles. The summed E-state index contributed by atoms with van der Waals surface area (Å²) < 4.78 is 5.35. The maximum absolute atomic E-state index is 10.2. The van der Waals surface area contributed by atoms with Gasteiger partial charge < -0.3 is 20.3 Å². The average Bonchev–Trinajstić information content (AvgIpc) is 2.53. The van der Waals surface area contributed by atoms with E-state index in [4.69, 9.17) is 4.74 Å². The van der Waals surface area contributed by atoms with E-state index in [1.165, 1.54) is 0 Å². The highest BCUT2D eigenvalue weighted by Crippen LogP contribution is 2.23. The molecule has 2 aromatic carbocycles. The lowest BCUT2D eigenvalue weighted by atomic mass is 10.0. The summed E-state index contributed by atoms with van der Waals surface area (Å²) in [6.07, 6.45) is 0.0682. The molecule has 1 unspecified atom stereocenters. The van der Waals surface area contributed by atoms with Crippen molar-refractivity contribution in [3.8, 4) is 11.5 Å². The van der Waals surface area contributed by atoms with Crippen LogP contribution in [0.15, 0.2) is 48.5 Å². The first-order valence-electron chi connectivity index (χ1n) is 7.43. The lowest BCUT2D eigenvalue weighted by molar-refractivity contribution is 0.167. The molecule has 0 aliphatic heterocycles. The quantitative estimate of drug-likeness (QED) is 0.736. The zero-order valence-electron chi connectivity index (χ0n) is 13.0. The topological polar surface area (TPSA) is 61.7 Å². The number of aliphatic hydroxyl groups is 1. The summed E-state index contributed by atoms with van der Waals surface area (Å²) in [5, 5.41) is 23.2. The van der Waals surface area contributed by atoms with Crippen LogP contribution in [0.4, 0.5) is 0 Å². The Balaban J connectivity index is 1.90. The number of nitrogens with one attached hydrogen (secondary N) is 1. The Morgan fingerprint density at radius 3 is 2.50 bits per heavy atom. The first-order valence-corrected chi connectivity index (χ1v) is 7.43. The Hall–Kier alpha value is -2.04. The lowest BCUT2D eigenvalue weighted by Gasteiger charge is -2.19. The molecule has 0 saturated carbocycles. The monoisotopic (exact) mass is 301 g/mol. The predicted molar refractivity (Wildman–Crippen MR) is 87.2 cm³/mol. The van der Waals surface area contributed by atoms with Gasteiger partial charge in [-0.2, -0.15) is 0 Å². The molecule has 0 amide bonds. The van der Waals surface area contributed by atoms with Gasteiger partial charge in [0.1, 0.15) is 11.5 Å². The molecule has 118 valence electrons. The van der Waals surface area contributed by atoms with Crippen LogP contribution in [0, 0.1) is 0 Å². The maximum atomic E-state index is 10.2. The SMILES string of the molecule is COc1ccccc1CC(C)NC[C@H](O)c1ccccc1O. The molecular weight excluding hydrogens is 278 g/mol. The summed E-state index contributed by atoms with van der Waals surface area (Å²) in [6.45, 7) is 2.44. The highest BCUT2D eigenvalue weighted by molar-refractivity contribution is 5.34. The average molecular weight is 301 g/mol. The van der Waals surface area contributed by atoms with Crippen LogP contribution >= 0.6 is 0 Å². The maximum Gasteiger partial charge on any atom is 0.122 e. The predicted octanol–water partition coefficient (Wildman–Crippen LogP) is 2.66. The zero-order chi connectivity index (χ0) is 15.9. The van der Waals surface area contributed by atoms with Crippen molar-refractivity contribution in [2.45, 2.75) is 25.5 Å². The Morgan fingerprint density at radius 1 is 1.09 bits per heavy atom. The molecule has 3 N–H and O–H groups in total. The smallest absolute Gasteiger partial charge is 0.122 e. The molecule has 0 spiro atoms. The van der Waals surface area contributed by atoms with Crippen molar-refractivity contribution < 1.29 is 14.9 Å². The van der Waals surface area contributed by atoms with Gasteiger partial charge in [0.15, 0.2) is 0 Å². The van der Waals surface area contributed by atoms with Crippen LogP contribution in [0.3, 0.4) is 0 Å². The van der Waals surface area contributed by atoms with Crippen LogP contribution < -0.4 is 10.1 Å². The number of hydrogen-bond acceptors (Lipinski definition) is 4. The van der Waals surface area contributed by atoms with Gasteiger partial charge in [0.05, 0.1) is 13.2 Å². The van der Waals surface area contributed by atoms with Crippen LogP contribution in [0.5, 0.6) is 11.5 Å². The van der Waals surface area contributed by atoms with E-state index in [-0.39, 0.29) is 11.8 Å². The van der Waals surface area contributed by atoms with Crippen LogP contribution in [-0.4, -0.2) is 29.9 Å². The highest BCUT2D eigenvalue weighted by Gasteiger charge is 2.13. The second-order valence-corrected chi connectivity index (χ2v) is 5.40. The number of benzene rings is 2. The van der Waals surface area contributed by atoms with Gasteiger partial charge >= 0.3 is 0 Å². The molecule has 2 rings (SSSR count). The molecule has 0 saturated heterocycles.